The first-order valence-electron chi connectivity index (χ1n) is 49.0. The monoisotopic (exact) mass is 1750 g/mol. The van der Waals surface area contributed by atoms with Gasteiger partial charge in [-0.25, -0.2) is 0 Å². The Morgan fingerprint density at radius 1 is 0.130 bits per heavy atom. The van der Waals surface area contributed by atoms with E-state index >= 15 is 0 Å². The molecule has 4 nitrogen and oxygen atoms in total. The summed E-state index contributed by atoms with van der Waals surface area (Å²) in [5.41, 5.74) is 91.1. The van der Waals surface area contributed by atoms with E-state index in [0.29, 0.717) is 0 Å². The lowest BCUT2D eigenvalue weighted by atomic mass is 9.52. The van der Waals surface area contributed by atoms with E-state index in [0.717, 1.165) is 0 Å². The summed E-state index contributed by atoms with van der Waals surface area (Å²) in [4.78, 5) is 10.9. The lowest BCUT2D eigenvalue weighted by Gasteiger charge is -2.52. The molecule has 0 spiro atoms. The van der Waals surface area contributed by atoms with Gasteiger partial charge in [-0.05, 0) is 687 Å². The molecule has 12 aromatic carbocycles. The molecule has 0 fully saturated rings. The van der Waals surface area contributed by atoms with Crippen molar-refractivity contribution in [3.63, 3.8) is 0 Å². The highest BCUT2D eigenvalue weighted by molar-refractivity contribution is 6.07. The molecule has 0 saturated heterocycles. The number of hydrogen-bond donors (Lipinski definition) is 0. The number of hydrogen-bond acceptors (Lipinski definition) is 4. The average Bonchev–Trinajstić information content (AvgIpc) is 0.675. The van der Waals surface area contributed by atoms with Crippen molar-refractivity contribution >= 4 is 79.0 Å². The van der Waals surface area contributed by atoms with Gasteiger partial charge in [0.2, 0.25) is 0 Å². The molecule has 1 aliphatic rings. The maximum absolute atomic E-state index is 2.75. The van der Waals surface area contributed by atoms with Crippen molar-refractivity contribution in [1.29, 1.82) is 0 Å². The highest BCUT2D eigenvalue weighted by Crippen LogP contribution is 2.65. The molecule has 0 unspecified atom stereocenters. The second-order valence-corrected chi connectivity index (χ2v) is 43.1. The minimum absolute atomic E-state index is 0.259. The van der Waals surface area contributed by atoms with E-state index in [1.54, 1.807) is 0 Å². The minimum atomic E-state index is -0.259. The summed E-state index contributed by atoms with van der Waals surface area (Å²) < 4.78 is 0. The SMILES string of the molecule is Cc1c(C)c(C)c(N(c2c(C)c(C)c(C)c(C)c2C)c2c(C)c(C)c3c(c2C)C(C)(C)C(C)(C)c2c(C)c(N(c4c(C)c(C)c(C)c(C)c4C)c4c(C)c(C)c(C)c(C)c4C)c(C)c(C)c2-3)c(C)c1C.Cc1c(C)c(C)c(N(c2cc(C)c3c(C)c(N(c4c(C)c(C)c(C)c(C)c4C)c4c(C)c(C)c(C)c(C)c4C)c(C)c(C)c3c2C)c2c(C)c(C)c(C)c(C)c2C)c(C)c1C. The number of rotatable bonds is 12. The number of benzene rings is 12. The van der Waals surface area contributed by atoms with E-state index in [4.69, 9.17) is 0 Å². The first-order chi connectivity index (χ1) is 60.4. The van der Waals surface area contributed by atoms with Gasteiger partial charge in [0.25, 0.3) is 0 Å². The van der Waals surface area contributed by atoms with Crippen LogP contribution in [0.3, 0.4) is 0 Å². The summed E-state index contributed by atoms with van der Waals surface area (Å²) in [6.45, 7) is 130. The average molecular weight is 1750 g/mol. The van der Waals surface area contributed by atoms with Crippen LogP contribution in [0.2, 0.25) is 0 Å². The van der Waals surface area contributed by atoms with Crippen LogP contribution in [0.1, 0.15) is 323 Å². The van der Waals surface area contributed by atoms with Crippen LogP contribution in [0.4, 0.5) is 68.2 Å². The van der Waals surface area contributed by atoms with Crippen LogP contribution >= 0.6 is 0 Å². The first-order valence-corrected chi connectivity index (χ1v) is 49.0. The normalized spacial score (nSPS) is 12.8. The summed E-state index contributed by atoms with van der Waals surface area (Å²) in [6.07, 6.45) is 0. The molecule has 0 N–H and O–H groups in total. The van der Waals surface area contributed by atoms with Gasteiger partial charge < -0.3 is 19.6 Å². The second-order valence-electron chi connectivity index (χ2n) is 43.1. The standard InChI is InChI=1S/C68H90N2.C59H76N2/c1-31-35(5)45(15)61(46(16)36(31)6)69(62-47(17)37(7)32(2)38(8)48(62)18)65-53(23)43(13)57-58-44(14)54(24)66(56(26)60(58)68(29,30)67(27,28)59(57)55(65)25)70(63-49(19)39(9)33(3)40(10)50(63)20)64-51(21)41(11)34(4)42(12)52(64)22;1-27-26-52(60(55-41(15)32(6)28(2)33(7)42(55)16)56-43(17)34(8)29(3)35(9)44(56)18)50(24)54-40(14)49(23)59(51(25)53(27)54)61(57-45(19)36(10)30(4)37(11)46(57)20)58-47(21)38(12)31(5)39(13)48(58)22/h1-30H3;26H,1-25H3. The van der Waals surface area contributed by atoms with Crippen LogP contribution in [0, 0.1) is 353 Å². The van der Waals surface area contributed by atoms with Crippen LogP contribution in [0.5, 0.6) is 0 Å². The Hall–Kier alpha value is -9.90. The van der Waals surface area contributed by atoms with Gasteiger partial charge in [-0.3, -0.25) is 0 Å². The Morgan fingerprint density at radius 2 is 0.267 bits per heavy atom. The molecule has 131 heavy (non-hydrogen) atoms. The molecule has 0 amide bonds. The quantitative estimate of drug-likeness (QED) is 0.121. The van der Waals surface area contributed by atoms with E-state index < -0.39 is 0 Å². The van der Waals surface area contributed by atoms with Crippen molar-refractivity contribution in [1.82, 2.24) is 0 Å². The van der Waals surface area contributed by atoms with Gasteiger partial charge in [-0.1, -0.05) is 27.7 Å². The Labute approximate surface area is 797 Å². The van der Waals surface area contributed by atoms with Gasteiger partial charge in [0.1, 0.15) is 0 Å². The summed E-state index contributed by atoms with van der Waals surface area (Å²) >= 11 is 0. The zero-order chi connectivity index (χ0) is 98.9. The number of fused-ring (bicyclic) bond motifs is 4. The smallest absolute Gasteiger partial charge is 0.0529 e. The van der Waals surface area contributed by atoms with Gasteiger partial charge in [0.15, 0.2) is 0 Å². The van der Waals surface area contributed by atoms with Crippen LogP contribution in [0.25, 0.3) is 21.9 Å². The molecule has 0 saturated carbocycles. The second kappa shape index (κ2) is 34.5. The summed E-state index contributed by atoms with van der Waals surface area (Å²) in [6, 6.07) is 2.52. The maximum atomic E-state index is 2.75. The molecular weight excluding hydrogens is 1580 g/mol. The fraction of sp³-hybridized carbons (Fsp3) is 0.449. The van der Waals surface area contributed by atoms with Crippen molar-refractivity contribution in [2.24, 2.45) is 0 Å². The van der Waals surface area contributed by atoms with E-state index in [1.807, 2.05) is 0 Å². The Kier molecular flexibility index (Phi) is 26.4. The number of nitrogens with zero attached hydrogens (tertiary/aromatic N) is 4. The number of aryl methyl sites for hydroxylation is 4. The Bertz CT molecular complexity index is 6290. The Morgan fingerprint density at radius 3 is 0.450 bits per heavy atom. The fourth-order valence-electron chi connectivity index (χ4n) is 24.8. The zero-order valence-electron chi connectivity index (χ0n) is 92.9. The molecular formula is C127H166N4. The van der Waals surface area contributed by atoms with Crippen molar-refractivity contribution in [2.45, 2.75) is 392 Å². The van der Waals surface area contributed by atoms with Crippen molar-refractivity contribution in [3.8, 4) is 11.1 Å². The predicted octanol–water partition coefficient (Wildman–Crippen LogP) is 37.4. The molecule has 0 radical (unpaired) electrons. The molecule has 694 valence electrons. The lowest BCUT2D eigenvalue weighted by molar-refractivity contribution is 0.296. The molecule has 4 heteroatoms. The third-order valence-corrected chi connectivity index (χ3v) is 37.8. The van der Waals surface area contributed by atoms with E-state index in [-0.39, 0.29) is 10.8 Å². The van der Waals surface area contributed by atoms with Crippen molar-refractivity contribution in [2.75, 3.05) is 19.6 Å². The van der Waals surface area contributed by atoms with Gasteiger partial charge >= 0.3 is 0 Å². The summed E-state index contributed by atoms with van der Waals surface area (Å²) in [5.74, 6) is 0. The summed E-state index contributed by atoms with van der Waals surface area (Å²) in [5, 5.41) is 2.74. The molecule has 12 aromatic rings. The largest absolute Gasteiger partial charge is 0.309 e. The molecule has 0 bridgehead atoms. The van der Waals surface area contributed by atoms with Gasteiger partial charge in [-0.15, -0.1) is 0 Å². The van der Waals surface area contributed by atoms with Crippen LogP contribution < -0.4 is 19.6 Å². The minimum Gasteiger partial charge on any atom is -0.309 e. The topological polar surface area (TPSA) is 13.0 Å². The molecule has 0 heterocycles. The predicted molar refractivity (Wildman–Crippen MR) is 582 cm³/mol. The molecule has 0 aliphatic heterocycles. The summed E-state index contributed by atoms with van der Waals surface area (Å²) in [7, 11) is 0. The molecule has 13 rings (SSSR count). The van der Waals surface area contributed by atoms with E-state index in [2.05, 4.69) is 406 Å². The third-order valence-electron chi connectivity index (χ3n) is 37.8. The highest BCUT2D eigenvalue weighted by Gasteiger charge is 2.51. The van der Waals surface area contributed by atoms with Crippen LogP contribution in [-0.4, -0.2) is 0 Å². The molecule has 0 atom stereocenters. The van der Waals surface area contributed by atoms with Crippen LogP contribution in [-0.2, 0) is 10.8 Å². The molecule has 0 aromatic heterocycles. The number of anilines is 12. The zero-order valence-corrected chi connectivity index (χ0v) is 92.9. The fourth-order valence-corrected chi connectivity index (χ4v) is 24.8. The van der Waals surface area contributed by atoms with E-state index in [9.17, 15) is 0 Å². The van der Waals surface area contributed by atoms with Gasteiger partial charge in [-0.2, -0.15) is 0 Å². The first kappa shape index (κ1) is 100. The Balaban J connectivity index is 0.000000239. The van der Waals surface area contributed by atoms with Gasteiger partial charge in [0.05, 0.1) is 62.6 Å². The third kappa shape index (κ3) is 14.2. The lowest BCUT2D eigenvalue weighted by Crippen LogP contribution is -2.45. The maximum Gasteiger partial charge on any atom is 0.0529 e. The molecule has 1 aliphatic carbocycles. The highest BCUT2D eigenvalue weighted by atomic mass is 15.2. The van der Waals surface area contributed by atoms with Crippen molar-refractivity contribution in [3.05, 3.63) is 301 Å². The van der Waals surface area contributed by atoms with E-state index in [1.165, 1.54) is 385 Å². The van der Waals surface area contributed by atoms with Crippen LogP contribution in [0.15, 0.2) is 6.07 Å². The van der Waals surface area contributed by atoms with Crippen molar-refractivity contribution < 1.29 is 0 Å². The van der Waals surface area contributed by atoms with Gasteiger partial charge in [0, 0.05) is 5.69 Å².